The van der Waals surface area contributed by atoms with Gasteiger partial charge in [-0.05, 0) is 6.07 Å². The Morgan fingerprint density at radius 1 is 1.56 bits per heavy atom. The number of pyridine rings is 1. The van der Waals surface area contributed by atoms with Gasteiger partial charge >= 0.3 is 0 Å². The van der Waals surface area contributed by atoms with Crippen molar-refractivity contribution in [3.8, 4) is 0 Å². The quantitative estimate of drug-likeness (QED) is 0.914. The van der Waals surface area contributed by atoms with Gasteiger partial charge in [-0.15, -0.1) is 11.3 Å². The Kier molecular flexibility index (Phi) is 3.52. The molecular formula is C11H11FN4OS. The molecule has 0 fully saturated rings. The van der Waals surface area contributed by atoms with Crippen molar-refractivity contribution in [2.24, 2.45) is 0 Å². The average molecular weight is 266 g/mol. The van der Waals surface area contributed by atoms with E-state index in [1.165, 1.54) is 16.2 Å². The fraction of sp³-hybridized carbons (Fsp3) is 0.182. The molecule has 0 radical (unpaired) electrons. The van der Waals surface area contributed by atoms with Gasteiger partial charge in [-0.1, -0.05) is 0 Å². The van der Waals surface area contributed by atoms with Gasteiger partial charge in [-0.25, -0.2) is 14.4 Å². The van der Waals surface area contributed by atoms with Crippen molar-refractivity contribution in [3.05, 3.63) is 40.2 Å². The van der Waals surface area contributed by atoms with Crippen LogP contribution in [0.3, 0.4) is 0 Å². The topological polar surface area (TPSA) is 72.1 Å². The molecule has 0 aliphatic rings. The number of anilines is 1. The molecule has 2 N–H and O–H groups in total. The maximum atomic E-state index is 13.0. The third-order valence-corrected chi connectivity index (χ3v) is 2.98. The van der Waals surface area contributed by atoms with Crippen LogP contribution in [0.2, 0.25) is 0 Å². The summed E-state index contributed by atoms with van der Waals surface area (Å²) in [4.78, 5) is 21.2. The lowest BCUT2D eigenvalue weighted by atomic mass is 10.2. The molecule has 0 aromatic carbocycles. The SMILES string of the molecule is CN(Cc1cscn1)C(=O)c1cc(F)cnc1N. The van der Waals surface area contributed by atoms with Crippen LogP contribution in [0.1, 0.15) is 16.1 Å². The fourth-order valence-corrected chi connectivity index (χ4v) is 2.01. The Labute approximate surface area is 107 Å². The van der Waals surface area contributed by atoms with Gasteiger partial charge in [0.15, 0.2) is 0 Å². The molecule has 2 aromatic heterocycles. The summed E-state index contributed by atoms with van der Waals surface area (Å²) in [5.41, 5.74) is 8.09. The zero-order valence-corrected chi connectivity index (χ0v) is 10.4. The number of carbonyl (C=O) groups excluding carboxylic acids is 1. The smallest absolute Gasteiger partial charge is 0.257 e. The number of amides is 1. The molecule has 2 rings (SSSR count). The summed E-state index contributed by atoms with van der Waals surface area (Å²) in [5.74, 6) is -0.950. The fourth-order valence-electron chi connectivity index (χ4n) is 1.46. The van der Waals surface area contributed by atoms with E-state index in [0.29, 0.717) is 6.54 Å². The minimum absolute atomic E-state index is 0.0199. The predicted molar refractivity (Wildman–Crippen MR) is 66.5 cm³/mol. The van der Waals surface area contributed by atoms with Gasteiger partial charge < -0.3 is 10.6 Å². The largest absolute Gasteiger partial charge is 0.383 e. The lowest BCUT2D eigenvalue weighted by molar-refractivity contribution is 0.0784. The van der Waals surface area contributed by atoms with E-state index in [9.17, 15) is 9.18 Å². The molecule has 2 aromatic rings. The van der Waals surface area contributed by atoms with Crippen molar-refractivity contribution in [3.63, 3.8) is 0 Å². The van der Waals surface area contributed by atoms with E-state index in [0.717, 1.165) is 18.0 Å². The van der Waals surface area contributed by atoms with E-state index in [1.807, 2.05) is 5.38 Å². The minimum Gasteiger partial charge on any atom is -0.383 e. The summed E-state index contributed by atoms with van der Waals surface area (Å²) in [7, 11) is 1.60. The molecule has 7 heteroatoms. The molecule has 18 heavy (non-hydrogen) atoms. The van der Waals surface area contributed by atoms with Crippen molar-refractivity contribution in [2.75, 3.05) is 12.8 Å². The normalized spacial score (nSPS) is 10.3. The van der Waals surface area contributed by atoms with Crippen LogP contribution in [0.25, 0.3) is 0 Å². The summed E-state index contributed by atoms with van der Waals surface area (Å²) >= 11 is 1.45. The highest BCUT2D eigenvalue weighted by Crippen LogP contribution is 2.14. The Hall–Kier alpha value is -2.02. The number of thiazole rings is 1. The lowest BCUT2D eigenvalue weighted by Crippen LogP contribution is -2.27. The molecule has 94 valence electrons. The highest BCUT2D eigenvalue weighted by Gasteiger charge is 2.17. The molecule has 0 unspecified atom stereocenters. The van der Waals surface area contributed by atoms with Crippen molar-refractivity contribution in [1.29, 1.82) is 0 Å². The van der Waals surface area contributed by atoms with Crippen LogP contribution in [0, 0.1) is 5.82 Å². The van der Waals surface area contributed by atoms with Gasteiger partial charge in [0.2, 0.25) is 0 Å². The summed E-state index contributed by atoms with van der Waals surface area (Å²) in [6.45, 7) is 0.346. The maximum Gasteiger partial charge on any atom is 0.257 e. The molecule has 0 atom stereocenters. The van der Waals surface area contributed by atoms with E-state index in [1.54, 1.807) is 12.6 Å². The molecule has 2 heterocycles. The van der Waals surface area contributed by atoms with E-state index in [2.05, 4.69) is 9.97 Å². The number of halogens is 1. The first-order chi connectivity index (χ1) is 8.58. The first kappa shape index (κ1) is 12.4. The van der Waals surface area contributed by atoms with Crippen LogP contribution in [-0.4, -0.2) is 27.8 Å². The van der Waals surface area contributed by atoms with Crippen LogP contribution in [-0.2, 0) is 6.54 Å². The van der Waals surface area contributed by atoms with Crippen LogP contribution in [0.5, 0.6) is 0 Å². The number of rotatable bonds is 3. The van der Waals surface area contributed by atoms with Crippen LogP contribution < -0.4 is 5.73 Å². The van der Waals surface area contributed by atoms with Gasteiger partial charge in [-0.2, -0.15) is 0 Å². The van der Waals surface area contributed by atoms with E-state index >= 15 is 0 Å². The van der Waals surface area contributed by atoms with Gasteiger partial charge in [0.25, 0.3) is 5.91 Å². The number of hydrogen-bond acceptors (Lipinski definition) is 5. The second kappa shape index (κ2) is 5.09. The van der Waals surface area contributed by atoms with Crippen molar-refractivity contribution >= 4 is 23.1 Å². The zero-order valence-electron chi connectivity index (χ0n) is 9.63. The standard InChI is InChI=1S/C11H11FN4OS/c1-16(4-8-5-18-6-15-8)11(17)9-2-7(12)3-14-10(9)13/h2-3,5-6H,4H2,1H3,(H2,13,14). The highest BCUT2D eigenvalue weighted by molar-refractivity contribution is 7.07. The number of aromatic nitrogens is 2. The average Bonchev–Trinajstić information content (AvgIpc) is 2.84. The molecule has 5 nitrogen and oxygen atoms in total. The molecule has 0 bridgehead atoms. The first-order valence-corrected chi connectivity index (χ1v) is 6.05. The minimum atomic E-state index is -0.588. The van der Waals surface area contributed by atoms with E-state index in [-0.39, 0.29) is 17.3 Å². The number of carbonyl (C=O) groups is 1. The molecule has 0 aliphatic carbocycles. The van der Waals surface area contributed by atoms with Gasteiger partial charge in [-0.3, -0.25) is 4.79 Å². The Morgan fingerprint density at radius 2 is 2.33 bits per heavy atom. The van der Waals surface area contributed by atoms with Crippen molar-refractivity contribution < 1.29 is 9.18 Å². The first-order valence-electron chi connectivity index (χ1n) is 5.11. The van der Waals surface area contributed by atoms with E-state index < -0.39 is 5.82 Å². The summed E-state index contributed by atoms with van der Waals surface area (Å²) in [6, 6.07) is 1.09. The predicted octanol–water partition coefficient (Wildman–Crippen LogP) is 1.53. The monoisotopic (exact) mass is 266 g/mol. The second-order valence-electron chi connectivity index (χ2n) is 3.73. The number of hydrogen-bond donors (Lipinski definition) is 1. The summed E-state index contributed by atoms with van der Waals surface area (Å²) in [5, 5.41) is 1.84. The van der Waals surface area contributed by atoms with Crippen molar-refractivity contribution in [1.82, 2.24) is 14.9 Å². The Balaban J connectivity index is 2.17. The van der Waals surface area contributed by atoms with Crippen LogP contribution in [0.4, 0.5) is 10.2 Å². The lowest BCUT2D eigenvalue weighted by Gasteiger charge is -2.16. The number of nitrogens with two attached hydrogens (primary N) is 1. The van der Waals surface area contributed by atoms with Crippen LogP contribution >= 0.6 is 11.3 Å². The van der Waals surface area contributed by atoms with Crippen molar-refractivity contribution in [2.45, 2.75) is 6.54 Å². The summed E-state index contributed by atoms with van der Waals surface area (Å²) in [6.07, 6.45) is 0.979. The van der Waals surface area contributed by atoms with Gasteiger partial charge in [0.05, 0.1) is 29.5 Å². The maximum absolute atomic E-state index is 13.0. The molecule has 0 aliphatic heterocycles. The Bertz CT molecular complexity index is 558. The summed E-state index contributed by atoms with van der Waals surface area (Å²) < 4.78 is 13.0. The van der Waals surface area contributed by atoms with Gasteiger partial charge in [0, 0.05) is 12.4 Å². The number of nitrogen functional groups attached to an aromatic ring is 1. The molecular weight excluding hydrogens is 255 g/mol. The molecule has 0 saturated carbocycles. The second-order valence-corrected chi connectivity index (χ2v) is 4.45. The molecule has 1 amide bonds. The highest BCUT2D eigenvalue weighted by atomic mass is 32.1. The third kappa shape index (κ3) is 2.62. The van der Waals surface area contributed by atoms with Crippen LogP contribution in [0.15, 0.2) is 23.2 Å². The molecule has 0 saturated heterocycles. The third-order valence-electron chi connectivity index (χ3n) is 2.34. The van der Waals surface area contributed by atoms with Gasteiger partial charge in [0.1, 0.15) is 11.6 Å². The van der Waals surface area contributed by atoms with E-state index in [4.69, 9.17) is 5.73 Å². The molecule has 0 spiro atoms. The zero-order chi connectivity index (χ0) is 13.1. The Morgan fingerprint density at radius 3 is 3.00 bits per heavy atom. The number of nitrogens with zero attached hydrogens (tertiary/aromatic N) is 3.